The summed E-state index contributed by atoms with van der Waals surface area (Å²) < 4.78 is 29.1. The van der Waals surface area contributed by atoms with E-state index < -0.39 is 10.0 Å². The highest BCUT2D eigenvalue weighted by molar-refractivity contribution is 8.26. The van der Waals surface area contributed by atoms with Crippen LogP contribution in [0.15, 0.2) is 50.6 Å². The zero-order valence-electron chi connectivity index (χ0n) is 16.0. The molecule has 6 nitrogen and oxygen atoms in total. The van der Waals surface area contributed by atoms with E-state index in [1.165, 1.54) is 23.9 Å². The second-order valence-electron chi connectivity index (χ2n) is 6.67. The molecule has 2 N–H and O–H groups in total. The average Bonchev–Trinajstić information content (AvgIpc) is 3.24. The van der Waals surface area contributed by atoms with Crippen LogP contribution in [-0.2, 0) is 14.8 Å². The van der Waals surface area contributed by atoms with Crippen LogP contribution in [0.3, 0.4) is 0 Å². The van der Waals surface area contributed by atoms with Crippen LogP contribution in [-0.4, -0.2) is 30.1 Å². The summed E-state index contributed by atoms with van der Waals surface area (Å²) >= 11 is 6.63. The molecule has 3 rings (SSSR count). The highest BCUT2D eigenvalue weighted by Gasteiger charge is 2.31. The molecule has 2 aromatic rings. The zero-order chi connectivity index (χ0) is 21.0. The summed E-state index contributed by atoms with van der Waals surface area (Å²) in [7, 11) is -3.74. The number of thiocarbonyl (C=S) groups is 1. The smallest absolute Gasteiger partial charge is 0.266 e. The molecule has 154 valence electrons. The Labute approximate surface area is 180 Å². The zero-order valence-corrected chi connectivity index (χ0v) is 18.4. The topological polar surface area (TPSA) is 93.6 Å². The number of thioether (sulfide) groups is 1. The van der Waals surface area contributed by atoms with Crippen molar-refractivity contribution in [2.75, 3.05) is 6.54 Å². The Hall–Kier alpha value is -1.94. The van der Waals surface area contributed by atoms with Crippen LogP contribution >= 0.6 is 24.0 Å². The second-order valence-corrected chi connectivity index (χ2v) is 9.90. The van der Waals surface area contributed by atoms with Crippen LogP contribution in [0.4, 0.5) is 0 Å². The van der Waals surface area contributed by atoms with Crippen molar-refractivity contribution in [3.63, 3.8) is 0 Å². The molecular formula is C20H22N2O4S3. The van der Waals surface area contributed by atoms with Crippen LogP contribution in [0, 0.1) is 0 Å². The Kier molecular flexibility index (Phi) is 6.94. The van der Waals surface area contributed by atoms with Crippen LogP contribution in [0.2, 0.25) is 0 Å². The van der Waals surface area contributed by atoms with Gasteiger partial charge in [0.1, 0.15) is 15.8 Å². The molecule has 0 aliphatic carbocycles. The van der Waals surface area contributed by atoms with Crippen molar-refractivity contribution in [1.29, 1.82) is 0 Å². The fraction of sp³-hybridized carbons (Fsp3) is 0.300. The van der Waals surface area contributed by atoms with Crippen molar-refractivity contribution in [3.05, 3.63) is 47.1 Å². The Morgan fingerprint density at radius 3 is 2.52 bits per heavy atom. The molecular weight excluding hydrogens is 428 g/mol. The number of primary sulfonamides is 1. The number of sulfonamides is 1. The molecule has 0 bridgehead atoms. The second kappa shape index (κ2) is 9.25. The number of furan rings is 1. The first kappa shape index (κ1) is 21.8. The van der Waals surface area contributed by atoms with E-state index >= 15 is 0 Å². The number of carbonyl (C=O) groups is 1. The monoisotopic (exact) mass is 450 g/mol. The lowest BCUT2D eigenvalue weighted by atomic mass is 10.2. The Morgan fingerprint density at radius 1 is 1.14 bits per heavy atom. The number of rotatable bonds is 8. The van der Waals surface area contributed by atoms with E-state index in [1.54, 1.807) is 35.2 Å². The van der Waals surface area contributed by atoms with Crippen molar-refractivity contribution in [2.45, 2.75) is 37.5 Å². The van der Waals surface area contributed by atoms with Crippen LogP contribution in [0.1, 0.15) is 38.4 Å². The van der Waals surface area contributed by atoms with Crippen molar-refractivity contribution in [3.8, 4) is 11.3 Å². The standard InChI is InChI=1S/C20H22N2O4S3/c1-2-3-4-5-12-22-19(23)18(28-20(22)27)13-15-8-11-17(26-15)14-6-9-16(10-7-14)29(21,24)25/h6-11,13H,2-5,12H2,1H3,(H2,21,24,25). The molecule has 29 heavy (non-hydrogen) atoms. The number of benzene rings is 1. The van der Waals surface area contributed by atoms with E-state index in [1.807, 2.05) is 0 Å². The van der Waals surface area contributed by atoms with Gasteiger partial charge < -0.3 is 4.42 Å². The van der Waals surface area contributed by atoms with E-state index in [0.717, 1.165) is 25.7 Å². The Morgan fingerprint density at radius 2 is 1.86 bits per heavy atom. The van der Waals surface area contributed by atoms with Crippen LogP contribution < -0.4 is 5.14 Å². The molecule has 1 aromatic carbocycles. The summed E-state index contributed by atoms with van der Waals surface area (Å²) in [5, 5.41) is 5.11. The first-order valence-electron chi connectivity index (χ1n) is 9.28. The number of hydrogen-bond acceptors (Lipinski definition) is 6. The van der Waals surface area contributed by atoms with Gasteiger partial charge in [-0.3, -0.25) is 9.69 Å². The van der Waals surface area contributed by atoms with Gasteiger partial charge in [0.05, 0.1) is 9.80 Å². The van der Waals surface area contributed by atoms with E-state index in [0.29, 0.717) is 32.9 Å². The molecule has 0 atom stereocenters. The minimum Gasteiger partial charge on any atom is -0.457 e. The third-order valence-electron chi connectivity index (χ3n) is 4.48. The molecule has 1 fully saturated rings. The molecule has 0 spiro atoms. The largest absolute Gasteiger partial charge is 0.457 e. The van der Waals surface area contributed by atoms with E-state index in [2.05, 4.69) is 6.92 Å². The molecule has 0 unspecified atom stereocenters. The Balaban J connectivity index is 1.71. The van der Waals surface area contributed by atoms with Gasteiger partial charge in [-0.05, 0) is 42.8 Å². The molecule has 1 aliphatic heterocycles. The minimum absolute atomic E-state index is 0.0376. The summed E-state index contributed by atoms with van der Waals surface area (Å²) in [6.45, 7) is 2.79. The number of nitrogens with two attached hydrogens (primary N) is 1. The maximum atomic E-state index is 12.6. The summed E-state index contributed by atoms with van der Waals surface area (Å²) in [5.41, 5.74) is 0.709. The van der Waals surface area contributed by atoms with Gasteiger partial charge in [0.2, 0.25) is 10.0 Å². The minimum atomic E-state index is -3.74. The van der Waals surface area contributed by atoms with Gasteiger partial charge in [-0.1, -0.05) is 50.2 Å². The molecule has 0 radical (unpaired) electrons. The van der Waals surface area contributed by atoms with Crippen LogP contribution in [0.5, 0.6) is 0 Å². The van der Waals surface area contributed by atoms with E-state index in [9.17, 15) is 13.2 Å². The third-order valence-corrected chi connectivity index (χ3v) is 6.78. The average molecular weight is 451 g/mol. The van der Waals surface area contributed by atoms with Gasteiger partial charge in [-0.15, -0.1) is 0 Å². The van der Waals surface area contributed by atoms with Crippen molar-refractivity contribution in [2.24, 2.45) is 5.14 Å². The first-order chi connectivity index (χ1) is 13.8. The summed E-state index contributed by atoms with van der Waals surface area (Å²) in [5.74, 6) is 1.00. The molecule has 1 amide bonds. The van der Waals surface area contributed by atoms with Crippen molar-refractivity contribution < 1.29 is 17.6 Å². The number of amides is 1. The van der Waals surface area contributed by atoms with E-state index in [-0.39, 0.29) is 10.8 Å². The molecule has 1 saturated heterocycles. The highest BCUT2D eigenvalue weighted by Crippen LogP contribution is 2.34. The van der Waals surface area contributed by atoms with E-state index in [4.69, 9.17) is 21.8 Å². The van der Waals surface area contributed by atoms with Crippen molar-refractivity contribution >= 4 is 50.3 Å². The van der Waals surface area contributed by atoms with Gasteiger partial charge in [0.25, 0.3) is 5.91 Å². The lowest BCUT2D eigenvalue weighted by Gasteiger charge is -2.13. The number of hydrogen-bond donors (Lipinski definition) is 1. The summed E-state index contributed by atoms with van der Waals surface area (Å²) in [4.78, 5) is 14.9. The fourth-order valence-corrected chi connectivity index (χ4v) is 4.72. The van der Waals surface area contributed by atoms with Gasteiger partial charge in [0, 0.05) is 18.2 Å². The lowest BCUT2D eigenvalue weighted by Crippen LogP contribution is -2.28. The number of nitrogens with zero attached hydrogens (tertiary/aromatic N) is 1. The van der Waals surface area contributed by atoms with Gasteiger partial charge in [-0.25, -0.2) is 13.6 Å². The Bertz CT molecular complexity index is 1040. The summed E-state index contributed by atoms with van der Waals surface area (Å²) in [6, 6.07) is 9.63. The molecule has 1 aliphatic rings. The normalized spacial score (nSPS) is 16.2. The molecule has 2 heterocycles. The SMILES string of the molecule is CCCCCCN1C(=O)C(=Cc2ccc(-c3ccc(S(N)(=O)=O)cc3)o2)SC1=S. The number of carbonyl (C=O) groups excluding carboxylic acids is 1. The molecule has 9 heteroatoms. The predicted molar refractivity (Wildman–Crippen MR) is 120 cm³/mol. The third kappa shape index (κ3) is 5.36. The van der Waals surface area contributed by atoms with Crippen LogP contribution in [0.25, 0.3) is 17.4 Å². The predicted octanol–water partition coefficient (Wildman–Crippen LogP) is 4.38. The first-order valence-corrected chi connectivity index (χ1v) is 12.0. The summed E-state index contributed by atoms with van der Waals surface area (Å²) in [6.07, 6.45) is 6.00. The highest BCUT2D eigenvalue weighted by atomic mass is 32.2. The van der Waals surface area contributed by atoms with Crippen molar-refractivity contribution in [1.82, 2.24) is 4.90 Å². The maximum Gasteiger partial charge on any atom is 0.266 e. The number of unbranched alkanes of at least 4 members (excludes halogenated alkanes) is 3. The molecule has 0 saturated carbocycles. The molecule has 1 aromatic heterocycles. The quantitative estimate of drug-likeness (QED) is 0.364. The lowest BCUT2D eigenvalue weighted by molar-refractivity contribution is -0.122. The van der Waals surface area contributed by atoms with Gasteiger partial charge >= 0.3 is 0 Å². The van der Waals surface area contributed by atoms with Gasteiger partial charge in [-0.2, -0.15) is 0 Å². The fourth-order valence-electron chi connectivity index (χ4n) is 2.91. The van der Waals surface area contributed by atoms with Gasteiger partial charge in [0.15, 0.2) is 0 Å². The maximum absolute atomic E-state index is 12.6.